The van der Waals surface area contributed by atoms with E-state index in [-0.39, 0.29) is 0 Å². The van der Waals surface area contributed by atoms with Crippen LogP contribution >= 0.6 is 0 Å². The van der Waals surface area contributed by atoms with Crippen LogP contribution in [0.5, 0.6) is 11.5 Å². The van der Waals surface area contributed by atoms with E-state index in [1.807, 2.05) is 31.1 Å². The van der Waals surface area contributed by atoms with Gasteiger partial charge in [0.1, 0.15) is 11.5 Å². The minimum atomic E-state index is 0.331. The molecule has 0 fully saturated rings. The summed E-state index contributed by atoms with van der Waals surface area (Å²) in [5.41, 5.74) is 0.751. The highest BCUT2D eigenvalue weighted by Crippen LogP contribution is 2.27. The zero-order chi connectivity index (χ0) is 14.5. The first kappa shape index (κ1) is 14.1. The van der Waals surface area contributed by atoms with Crippen LogP contribution in [0.25, 0.3) is 0 Å². The van der Waals surface area contributed by atoms with E-state index in [0.717, 1.165) is 5.69 Å². The number of rotatable bonds is 6. The maximum atomic E-state index is 5.49. The third-order valence-corrected chi connectivity index (χ3v) is 2.52. The summed E-state index contributed by atoms with van der Waals surface area (Å²) in [4.78, 5) is 1.95. The van der Waals surface area contributed by atoms with Crippen LogP contribution in [-0.4, -0.2) is 43.4 Å². The van der Waals surface area contributed by atoms with Crippen molar-refractivity contribution in [2.75, 3.05) is 33.6 Å². The van der Waals surface area contributed by atoms with E-state index < -0.39 is 0 Å². The van der Waals surface area contributed by atoms with Crippen molar-refractivity contribution in [2.24, 2.45) is 0 Å². The van der Waals surface area contributed by atoms with Crippen molar-refractivity contribution in [3.05, 3.63) is 24.1 Å². The number of benzene rings is 1. The summed E-state index contributed by atoms with van der Waals surface area (Å²) in [6.07, 6.45) is 0. The summed E-state index contributed by atoms with van der Waals surface area (Å²) in [6.45, 7) is 0.593. The van der Waals surface area contributed by atoms with Gasteiger partial charge in [0, 0.05) is 23.9 Å². The van der Waals surface area contributed by atoms with Gasteiger partial charge in [0.2, 0.25) is 5.89 Å². The molecule has 7 nitrogen and oxygen atoms in total. The molecule has 1 aromatic heterocycles. The van der Waals surface area contributed by atoms with Gasteiger partial charge >= 0.3 is 6.01 Å². The molecule has 0 radical (unpaired) electrons. The quantitative estimate of drug-likeness (QED) is 0.865. The number of anilines is 2. The Morgan fingerprint density at radius 2 is 1.75 bits per heavy atom. The van der Waals surface area contributed by atoms with Crippen molar-refractivity contribution in [1.29, 1.82) is 0 Å². The first-order chi connectivity index (χ1) is 9.60. The van der Waals surface area contributed by atoms with Crippen molar-refractivity contribution in [3.63, 3.8) is 0 Å². The molecule has 0 spiro atoms. The fourth-order valence-electron chi connectivity index (χ4n) is 1.64. The maximum absolute atomic E-state index is 5.49. The molecule has 1 heterocycles. The fourth-order valence-corrected chi connectivity index (χ4v) is 1.64. The van der Waals surface area contributed by atoms with E-state index in [9.17, 15) is 0 Å². The van der Waals surface area contributed by atoms with E-state index in [1.165, 1.54) is 0 Å². The van der Waals surface area contributed by atoms with Gasteiger partial charge in [0.15, 0.2) is 0 Å². The molecule has 7 heteroatoms. The Labute approximate surface area is 117 Å². The molecule has 0 bridgehead atoms. The predicted molar refractivity (Wildman–Crippen MR) is 74.5 cm³/mol. The first-order valence-corrected chi connectivity index (χ1v) is 6.08. The Morgan fingerprint density at radius 1 is 1.10 bits per heavy atom. The van der Waals surface area contributed by atoms with Crippen molar-refractivity contribution in [1.82, 2.24) is 15.1 Å². The summed E-state index contributed by atoms with van der Waals surface area (Å²) < 4.78 is 15.9. The van der Waals surface area contributed by atoms with Crippen LogP contribution in [-0.2, 0) is 6.54 Å². The van der Waals surface area contributed by atoms with E-state index in [4.69, 9.17) is 13.9 Å². The van der Waals surface area contributed by atoms with E-state index in [2.05, 4.69) is 15.5 Å². The van der Waals surface area contributed by atoms with Crippen LogP contribution in [0.2, 0.25) is 0 Å². The Bertz CT molecular complexity index is 546. The maximum Gasteiger partial charge on any atom is 0.320 e. The van der Waals surface area contributed by atoms with Gasteiger partial charge in [-0.05, 0) is 14.1 Å². The molecule has 2 rings (SSSR count). The normalized spacial score (nSPS) is 10.7. The second-order valence-corrected chi connectivity index (χ2v) is 4.47. The second-order valence-electron chi connectivity index (χ2n) is 4.47. The summed E-state index contributed by atoms with van der Waals surface area (Å²) in [5, 5.41) is 10.9. The van der Waals surface area contributed by atoms with E-state index >= 15 is 0 Å². The largest absolute Gasteiger partial charge is 0.497 e. The molecule has 0 saturated carbocycles. The molecule has 1 aromatic carbocycles. The molecule has 0 saturated heterocycles. The Hall–Kier alpha value is -2.28. The van der Waals surface area contributed by atoms with Gasteiger partial charge in [0.25, 0.3) is 0 Å². The number of ether oxygens (including phenoxy) is 2. The smallest absolute Gasteiger partial charge is 0.320 e. The molecule has 0 aliphatic carbocycles. The number of nitrogens with zero attached hydrogens (tertiary/aromatic N) is 3. The molecule has 0 aliphatic rings. The molecular formula is C13H18N4O3. The lowest BCUT2D eigenvalue weighted by Crippen LogP contribution is -2.10. The monoisotopic (exact) mass is 278 g/mol. The van der Waals surface area contributed by atoms with E-state index in [0.29, 0.717) is 29.9 Å². The lowest BCUT2D eigenvalue weighted by Gasteiger charge is -2.08. The van der Waals surface area contributed by atoms with Crippen LogP contribution in [0.3, 0.4) is 0 Å². The van der Waals surface area contributed by atoms with Gasteiger partial charge in [0.05, 0.1) is 20.8 Å². The van der Waals surface area contributed by atoms with Crippen LogP contribution in [0, 0.1) is 0 Å². The molecule has 0 atom stereocenters. The number of methoxy groups -OCH3 is 2. The minimum absolute atomic E-state index is 0.331. The molecule has 1 N–H and O–H groups in total. The molecular weight excluding hydrogens is 260 g/mol. The highest BCUT2D eigenvalue weighted by atomic mass is 16.5. The SMILES string of the molecule is COc1cc(Nc2nnc(CN(C)C)o2)cc(OC)c1. The van der Waals surface area contributed by atoms with Gasteiger partial charge < -0.3 is 24.1 Å². The van der Waals surface area contributed by atoms with E-state index in [1.54, 1.807) is 20.3 Å². The van der Waals surface area contributed by atoms with Gasteiger partial charge in [-0.15, -0.1) is 5.10 Å². The first-order valence-electron chi connectivity index (χ1n) is 6.08. The van der Waals surface area contributed by atoms with Crippen LogP contribution in [0.15, 0.2) is 22.6 Å². The van der Waals surface area contributed by atoms with Gasteiger partial charge in [-0.2, -0.15) is 0 Å². The van der Waals surface area contributed by atoms with Crippen LogP contribution < -0.4 is 14.8 Å². The van der Waals surface area contributed by atoms with Crippen LogP contribution in [0.4, 0.5) is 11.7 Å². The standard InChI is InChI=1S/C13H18N4O3/c1-17(2)8-12-15-16-13(20-12)14-9-5-10(18-3)7-11(6-9)19-4/h5-7H,8H2,1-4H3,(H,14,16). The lowest BCUT2D eigenvalue weighted by atomic mass is 10.3. The molecule has 0 aliphatic heterocycles. The average Bonchev–Trinajstić information content (AvgIpc) is 2.84. The van der Waals surface area contributed by atoms with Gasteiger partial charge in [-0.25, -0.2) is 0 Å². The fraction of sp³-hybridized carbons (Fsp3) is 0.385. The minimum Gasteiger partial charge on any atom is -0.497 e. The Kier molecular flexibility index (Phi) is 4.41. The Morgan fingerprint density at radius 3 is 2.30 bits per heavy atom. The van der Waals surface area contributed by atoms with Gasteiger partial charge in [-0.3, -0.25) is 0 Å². The van der Waals surface area contributed by atoms with Crippen molar-refractivity contribution in [3.8, 4) is 11.5 Å². The summed E-state index contributed by atoms with van der Waals surface area (Å²) in [6, 6.07) is 5.75. The summed E-state index contributed by atoms with van der Waals surface area (Å²) in [7, 11) is 7.06. The van der Waals surface area contributed by atoms with Crippen LogP contribution in [0.1, 0.15) is 5.89 Å². The van der Waals surface area contributed by atoms with Gasteiger partial charge in [-0.1, -0.05) is 5.10 Å². The third kappa shape index (κ3) is 3.61. The lowest BCUT2D eigenvalue weighted by molar-refractivity contribution is 0.344. The van der Waals surface area contributed by atoms with Crippen molar-refractivity contribution >= 4 is 11.7 Å². The highest BCUT2D eigenvalue weighted by molar-refractivity contribution is 5.58. The summed E-state index contributed by atoms with van der Waals surface area (Å²) >= 11 is 0. The Balaban J connectivity index is 2.14. The zero-order valence-corrected chi connectivity index (χ0v) is 12.0. The molecule has 2 aromatic rings. The molecule has 20 heavy (non-hydrogen) atoms. The number of aromatic nitrogens is 2. The number of nitrogens with one attached hydrogen (secondary N) is 1. The zero-order valence-electron chi connectivity index (χ0n) is 12.0. The number of hydrogen-bond donors (Lipinski definition) is 1. The molecule has 0 unspecified atom stereocenters. The van der Waals surface area contributed by atoms with Crippen molar-refractivity contribution < 1.29 is 13.9 Å². The molecule has 108 valence electrons. The molecule has 0 amide bonds. The second kappa shape index (κ2) is 6.25. The third-order valence-electron chi connectivity index (χ3n) is 2.52. The highest BCUT2D eigenvalue weighted by Gasteiger charge is 2.08. The topological polar surface area (TPSA) is 72.7 Å². The predicted octanol–water partition coefficient (Wildman–Crippen LogP) is 1.89. The van der Waals surface area contributed by atoms with Crippen molar-refractivity contribution in [2.45, 2.75) is 6.54 Å². The average molecular weight is 278 g/mol. The number of hydrogen-bond acceptors (Lipinski definition) is 7. The summed E-state index contributed by atoms with van der Waals surface area (Å²) in [5.74, 6) is 1.91.